The summed E-state index contributed by atoms with van der Waals surface area (Å²) >= 11 is 0. The number of aliphatic hydroxyl groups is 1. The average Bonchev–Trinajstić information content (AvgIpc) is 2.56. The summed E-state index contributed by atoms with van der Waals surface area (Å²) < 4.78 is 10.7. The van der Waals surface area contributed by atoms with E-state index < -0.39 is 6.10 Å². The number of hydrogen-bond acceptors (Lipinski definition) is 5. The lowest BCUT2D eigenvalue weighted by Gasteiger charge is -2.35. The first-order valence-electron chi connectivity index (χ1n) is 7.95. The first-order valence-corrected chi connectivity index (χ1v) is 7.95. The van der Waals surface area contributed by atoms with E-state index in [0.29, 0.717) is 19.8 Å². The Morgan fingerprint density at radius 1 is 1.22 bits per heavy atom. The zero-order valence-corrected chi connectivity index (χ0v) is 13.9. The van der Waals surface area contributed by atoms with E-state index in [1.165, 1.54) is 0 Å². The van der Waals surface area contributed by atoms with E-state index in [1.54, 1.807) is 14.0 Å². The van der Waals surface area contributed by atoms with E-state index in [2.05, 4.69) is 4.90 Å². The SMILES string of the molecule is COc1ccc(COCC(O)CN2CCN(C(C)=O)CC2)cc1. The minimum absolute atomic E-state index is 0.119. The second-order valence-corrected chi connectivity index (χ2v) is 5.82. The third-order valence-electron chi connectivity index (χ3n) is 4.02. The molecule has 1 heterocycles. The Hall–Kier alpha value is -1.63. The van der Waals surface area contributed by atoms with Crippen molar-refractivity contribution in [3.05, 3.63) is 29.8 Å². The topological polar surface area (TPSA) is 62.2 Å². The highest BCUT2D eigenvalue weighted by Crippen LogP contribution is 2.12. The van der Waals surface area contributed by atoms with Gasteiger partial charge in [-0.1, -0.05) is 12.1 Å². The fraction of sp³-hybridized carbons (Fsp3) is 0.588. The molecule has 1 aliphatic rings. The lowest BCUT2D eigenvalue weighted by Crippen LogP contribution is -2.50. The van der Waals surface area contributed by atoms with Gasteiger partial charge in [0.25, 0.3) is 0 Å². The van der Waals surface area contributed by atoms with Gasteiger partial charge >= 0.3 is 0 Å². The zero-order chi connectivity index (χ0) is 16.7. The maximum Gasteiger partial charge on any atom is 0.219 e. The van der Waals surface area contributed by atoms with Crippen molar-refractivity contribution < 1.29 is 19.4 Å². The Balaban J connectivity index is 1.63. The number of β-amino-alcohol motifs (C(OH)–C–C–N with tert-alkyl or cyclic N) is 1. The summed E-state index contributed by atoms with van der Waals surface area (Å²) in [5, 5.41) is 10.1. The maximum atomic E-state index is 11.3. The molecule has 1 unspecified atom stereocenters. The Morgan fingerprint density at radius 2 is 1.87 bits per heavy atom. The molecule has 0 bridgehead atoms. The van der Waals surface area contributed by atoms with E-state index >= 15 is 0 Å². The first kappa shape index (κ1) is 17.7. The second kappa shape index (κ2) is 8.86. The van der Waals surface area contributed by atoms with Gasteiger partial charge in [0.1, 0.15) is 5.75 Å². The maximum absolute atomic E-state index is 11.3. The van der Waals surface area contributed by atoms with Gasteiger partial charge in [0.05, 0.1) is 26.4 Å². The summed E-state index contributed by atoms with van der Waals surface area (Å²) in [7, 11) is 1.64. The number of aliphatic hydroxyl groups excluding tert-OH is 1. The minimum Gasteiger partial charge on any atom is -0.497 e. The molecule has 1 aliphatic heterocycles. The molecule has 1 N–H and O–H groups in total. The predicted octanol–water partition coefficient (Wildman–Crippen LogP) is 0.737. The summed E-state index contributed by atoms with van der Waals surface area (Å²) in [6.07, 6.45) is -0.517. The van der Waals surface area contributed by atoms with Crippen LogP contribution in [0.5, 0.6) is 5.75 Å². The fourth-order valence-electron chi connectivity index (χ4n) is 2.63. The van der Waals surface area contributed by atoms with E-state index in [9.17, 15) is 9.90 Å². The summed E-state index contributed by atoms with van der Waals surface area (Å²) in [6, 6.07) is 7.69. The molecular formula is C17H26N2O4. The molecule has 1 atom stereocenters. The Kier molecular flexibility index (Phi) is 6.83. The molecule has 0 spiro atoms. The molecule has 23 heavy (non-hydrogen) atoms. The van der Waals surface area contributed by atoms with Gasteiger partial charge in [-0.2, -0.15) is 0 Å². The molecule has 0 radical (unpaired) electrons. The van der Waals surface area contributed by atoms with Crippen LogP contribution in [0.25, 0.3) is 0 Å². The van der Waals surface area contributed by atoms with Gasteiger partial charge in [-0.25, -0.2) is 0 Å². The van der Waals surface area contributed by atoms with Crippen LogP contribution in [0.4, 0.5) is 0 Å². The summed E-state index contributed by atoms with van der Waals surface area (Å²) in [4.78, 5) is 15.3. The molecule has 2 rings (SSSR count). The largest absolute Gasteiger partial charge is 0.497 e. The van der Waals surface area contributed by atoms with Crippen LogP contribution in [-0.2, 0) is 16.1 Å². The van der Waals surface area contributed by atoms with Crippen LogP contribution >= 0.6 is 0 Å². The fourth-order valence-corrected chi connectivity index (χ4v) is 2.63. The number of benzene rings is 1. The second-order valence-electron chi connectivity index (χ2n) is 5.82. The molecule has 1 aromatic carbocycles. The zero-order valence-electron chi connectivity index (χ0n) is 13.9. The van der Waals surface area contributed by atoms with Crippen LogP contribution in [0.3, 0.4) is 0 Å². The average molecular weight is 322 g/mol. The lowest BCUT2D eigenvalue weighted by molar-refractivity contribution is -0.130. The van der Waals surface area contributed by atoms with Gasteiger partial charge in [0.15, 0.2) is 0 Å². The van der Waals surface area contributed by atoms with Gasteiger partial charge in [0.2, 0.25) is 5.91 Å². The molecule has 128 valence electrons. The number of carbonyl (C=O) groups is 1. The molecule has 0 aliphatic carbocycles. The van der Waals surface area contributed by atoms with Gasteiger partial charge < -0.3 is 19.5 Å². The van der Waals surface area contributed by atoms with Crippen molar-refractivity contribution >= 4 is 5.91 Å². The van der Waals surface area contributed by atoms with Crippen molar-refractivity contribution in [2.24, 2.45) is 0 Å². The molecular weight excluding hydrogens is 296 g/mol. The van der Waals surface area contributed by atoms with Crippen LogP contribution in [0.15, 0.2) is 24.3 Å². The minimum atomic E-state index is -0.517. The highest BCUT2D eigenvalue weighted by atomic mass is 16.5. The Morgan fingerprint density at radius 3 is 2.43 bits per heavy atom. The molecule has 1 fully saturated rings. The van der Waals surface area contributed by atoms with Gasteiger partial charge in [-0.05, 0) is 17.7 Å². The van der Waals surface area contributed by atoms with Crippen LogP contribution in [0, 0.1) is 0 Å². The van der Waals surface area contributed by atoms with Crippen molar-refractivity contribution in [2.75, 3.05) is 46.4 Å². The van der Waals surface area contributed by atoms with Crippen molar-refractivity contribution in [2.45, 2.75) is 19.6 Å². The molecule has 6 nitrogen and oxygen atoms in total. The number of methoxy groups -OCH3 is 1. The van der Waals surface area contributed by atoms with E-state index in [1.807, 2.05) is 29.2 Å². The number of rotatable bonds is 7. The normalized spacial score (nSPS) is 17.1. The van der Waals surface area contributed by atoms with Gasteiger partial charge in [-0.3, -0.25) is 9.69 Å². The van der Waals surface area contributed by atoms with E-state index in [-0.39, 0.29) is 5.91 Å². The third kappa shape index (κ3) is 5.82. The number of hydrogen-bond donors (Lipinski definition) is 1. The number of carbonyl (C=O) groups excluding carboxylic acids is 1. The Bertz CT molecular complexity index is 484. The van der Waals surface area contributed by atoms with Gasteiger partial charge in [-0.15, -0.1) is 0 Å². The Labute approximate surface area is 137 Å². The molecule has 1 saturated heterocycles. The van der Waals surface area contributed by atoms with E-state index in [0.717, 1.165) is 37.5 Å². The first-order chi connectivity index (χ1) is 11.1. The summed E-state index contributed by atoms with van der Waals surface area (Å²) in [5.41, 5.74) is 1.05. The quantitative estimate of drug-likeness (QED) is 0.802. The standard InChI is InChI=1S/C17H26N2O4/c1-14(20)19-9-7-18(8-10-19)11-16(21)13-23-12-15-3-5-17(22-2)6-4-15/h3-6,16,21H,7-13H2,1-2H3. The van der Waals surface area contributed by atoms with Crippen LogP contribution in [0.2, 0.25) is 0 Å². The van der Waals surface area contributed by atoms with Crippen molar-refractivity contribution in [1.82, 2.24) is 9.80 Å². The highest BCUT2D eigenvalue weighted by Gasteiger charge is 2.20. The third-order valence-corrected chi connectivity index (χ3v) is 4.02. The molecule has 0 aromatic heterocycles. The molecule has 1 amide bonds. The van der Waals surface area contributed by atoms with Crippen molar-refractivity contribution in [3.8, 4) is 5.75 Å². The molecule has 6 heteroatoms. The number of ether oxygens (including phenoxy) is 2. The van der Waals surface area contributed by atoms with Crippen LogP contribution < -0.4 is 4.74 Å². The lowest BCUT2D eigenvalue weighted by atomic mass is 10.2. The number of amides is 1. The van der Waals surface area contributed by atoms with E-state index in [4.69, 9.17) is 9.47 Å². The molecule has 1 aromatic rings. The molecule has 0 saturated carbocycles. The van der Waals surface area contributed by atoms with Crippen LogP contribution in [-0.4, -0.2) is 73.4 Å². The number of nitrogens with zero attached hydrogens (tertiary/aromatic N) is 2. The number of piperazine rings is 1. The van der Waals surface area contributed by atoms with Crippen LogP contribution in [0.1, 0.15) is 12.5 Å². The summed E-state index contributed by atoms with van der Waals surface area (Å²) in [5.74, 6) is 0.937. The predicted molar refractivity (Wildman–Crippen MR) is 87.4 cm³/mol. The van der Waals surface area contributed by atoms with Gasteiger partial charge in [0, 0.05) is 39.6 Å². The monoisotopic (exact) mass is 322 g/mol. The van der Waals surface area contributed by atoms with Crippen molar-refractivity contribution in [1.29, 1.82) is 0 Å². The highest BCUT2D eigenvalue weighted by molar-refractivity contribution is 5.73. The van der Waals surface area contributed by atoms with Crippen molar-refractivity contribution in [3.63, 3.8) is 0 Å². The smallest absolute Gasteiger partial charge is 0.219 e. The summed E-state index contributed by atoms with van der Waals surface area (Å²) in [6.45, 7) is 6.01.